The number of hydrogen-bond acceptors (Lipinski definition) is 3. The molecule has 0 spiro atoms. The Bertz CT molecular complexity index is 721. The number of hydrogen-bond donors (Lipinski definition) is 1. The van der Waals surface area contributed by atoms with Crippen molar-refractivity contribution < 1.29 is 4.39 Å². The summed E-state index contributed by atoms with van der Waals surface area (Å²) in [5, 5.41) is 3.47. The first-order valence-electron chi connectivity index (χ1n) is 5.87. The zero-order valence-electron chi connectivity index (χ0n) is 10.1. The monoisotopic (exact) mass is 289 g/mol. The fourth-order valence-corrected chi connectivity index (χ4v) is 3.96. The lowest BCUT2D eigenvalue weighted by molar-refractivity contribution is 0.627. The van der Waals surface area contributed by atoms with Gasteiger partial charge < -0.3 is 5.73 Å². The van der Waals surface area contributed by atoms with Crippen molar-refractivity contribution in [2.45, 2.75) is 10.6 Å². The van der Waals surface area contributed by atoms with Crippen molar-refractivity contribution in [3.8, 4) is 0 Å². The third-order valence-corrected chi connectivity index (χ3v) is 5.07. The van der Waals surface area contributed by atoms with Crippen LogP contribution in [-0.2, 0) is 5.75 Å². The van der Waals surface area contributed by atoms with Crippen LogP contribution < -0.4 is 5.73 Å². The van der Waals surface area contributed by atoms with Gasteiger partial charge in [0.15, 0.2) is 0 Å². The average Bonchev–Trinajstić information content (AvgIpc) is 2.81. The van der Waals surface area contributed by atoms with E-state index in [1.165, 1.54) is 27.8 Å². The van der Waals surface area contributed by atoms with Crippen LogP contribution in [0.3, 0.4) is 0 Å². The van der Waals surface area contributed by atoms with Crippen LogP contribution in [0.1, 0.15) is 5.56 Å². The molecule has 0 fully saturated rings. The maximum atomic E-state index is 13.0. The van der Waals surface area contributed by atoms with E-state index in [4.69, 9.17) is 5.73 Å². The van der Waals surface area contributed by atoms with Crippen molar-refractivity contribution in [3.63, 3.8) is 0 Å². The second kappa shape index (κ2) is 5.23. The average molecular weight is 289 g/mol. The van der Waals surface area contributed by atoms with Gasteiger partial charge in [-0.05, 0) is 40.6 Å². The number of anilines is 1. The molecule has 0 radical (unpaired) electrons. The number of fused-ring (bicyclic) bond motifs is 1. The molecule has 1 aromatic heterocycles. The first kappa shape index (κ1) is 12.5. The maximum Gasteiger partial charge on any atom is 0.125 e. The molecule has 4 heteroatoms. The minimum Gasteiger partial charge on any atom is -0.398 e. The van der Waals surface area contributed by atoms with Gasteiger partial charge in [0, 0.05) is 21.0 Å². The second-order valence-corrected chi connectivity index (χ2v) is 6.16. The quantitative estimate of drug-likeness (QED) is 0.547. The van der Waals surface area contributed by atoms with E-state index in [-0.39, 0.29) is 5.82 Å². The number of nitrogens with two attached hydrogens (primary N) is 1. The van der Waals surface area contributed by atoms with E-state index >= 15 is 0 Å². The number of benzene rings is 2. The highest BCUT2D eigenvalue weighted by atomic mass is 32.2. The van der Waals surface area contributed by atoms with Gasteiger partial charge in [-0.1, -0.05) is 18.2 Å². The van der Waals surface area contributed by atoms with Gasteiger partial charge in [-0.3, -0.25) is 0 Å². The summed E-state index contributed by atoms with van der Waals surface area (Å²) in [6, 6.07) is 12.9. The van der Waals surface area contributed by atoms with Crippen molar-refractivity contribution in [1.29, 1.82) is 0 Å². The maximum absolute atomic E-state index is 13.0. The third-order valence-electron chi connectivity index (χ3n) is 2.92. The highest BCUT2D eigenvalue weighted by Gasteiger charge is 2.06. The van der Waals surface area contributed by atoms with Crippen LogP contribution in [-0.4, -0.2) is 0 Å². The van der Waals surface area contributed by atoms with Crippen LogP contribution in [0.4, 0.5) is 10.1 Å². The van der Waals surface area contributed by atoms with Crippen LogP contribution in [0.2, 0.25) is 0 Å². The molecule has 3 aromatic rings. The van der Waals surface area contributed by atoms with Crippen molar-refractivity contribution in [2.24, 2.45) is 0 Å². The second-order valence-electron chi connectivity index (χ2n) is 4.23. The van der Waals surface area contributed by atoms with Gasteiger partial charge in [-0.2, -0.15) is 0 Å². The first-order valence-corrected chi connectivity index (χ1v) is 7.73. The summed E-state index contributed by atoms with van der Waals surface area (Å²) in [5.74, 6) is 0.558. The van der Waals surface area contributed by atoms with E-state index in [9.17, 15) is 4.39 Å². The largest absolute Gasteiger partial charge is 0.398 e. The van der Waals surface area contributed by atoms with Crippen LogP contribution in [0, 0.1) is 5.82 Å². The molecular formula is C15H12FNS2. The van der Waals surface area contributed by atoms with Crippen LogP contribution in [0.5, 0.6) is 0 Å². The SMILES string of the molecule is Nc1cc(F)ccc1SCc1csc2ccccc12. The summed E-state index contributed by atoms with van der Waals surface area (Å²) < 4.78 is 14.3. The molecule has 0 saturated heterocycles. The Balaban J connectivity index is 1.82. The molecule has 1 nitrogen and oxygen atoms in total. The fourth-order valence-electron chi connectivity index (χ4n) is 1.95. The minimum absolute atomic E-state index is 0.289. The number of thiophene rings is 1. The Morgan fingerprint density at radius 1 is 1.16 bits per heavy atom. The smallest absolute Gasteiger partial charge is 0.125 e. The van der Waals surface area contributed by atoms with Crippen LogP contribution in [0.25, 0.3) is 10.1 Å². The van der Waals surface area contributed by atoms with E-state index in [0.717, 1.165) is 10.6 Å². The molecule has 0 atom stereocenters. The third kappa shape index (κ3) is 2.60. The van der Waals surface area contributed by atoms with Gasteiger partial charge in [0.25, 0.3) is 0 Å². The van der Waals surface area contributed by atoms with Gasteiger partial charge in [0.05, 0.1) is 0 Å². The first-order chi connectivity index (χ1) is 9.24. The van der Waals surface area contributed by atoms with E-state index in [0.29, 0.717) is 5.69 Å². The van der Waals surface area contributed by atoms with Gasteiger partial charge in [-0.25, -0.2) is 4.39 Å². The van der Waals surface area contributed by atoms with Gasteiger partial charge in [0.1, 0.15) is 5.82 Å². The Morgan fingerprint density at radius 3 is 2.84 bits per heavy atom. The molecule has 1 heterocycles. The summed E-state index contributed by atoms with van der Waals surface area (Å²) in [7, 11) is 0. The molecule has 0 aliphatic carbocycles. The highest BCUT2D eigenvalue weighted by molar-refractivity contribution is 7.98. The topological polar surface area (TPSA) is 26.0 Å². The van der Waals surface area contributed by atoms with Crippen LogP contribution in [0.15, 0.2) is 52.7 Å². The summed E-state index contributed by atoms with van der Waals surface area (Å²) in [6.07, 6.45) is 0. The van der Waals surface area contributed by atoms with E-state index in [2.05, 4.69) is 23.6 Å². The van der Waals surface area contributed by atoms with Crippen molar-refractivity contribution in [1.82, 2.24) is 0 Å². The molecular weight excluding hydrogens is 277 g/mol. The lowest BCUT2D eigenvalue weighted by Gasteiger charge is -2.05. The van der Waals surface area contributed by atoms with Gasteiger partial charge >= 0.3 is 0 Å². The van der Waals surface area contributed by atoms with Crippen LogP contribution >= 0.6 is 23.1 Å². The molecule has 19 heavy (non-hydrogen) atoms. The Kier molecular flexibility index (Phi) is 3.44. The molecule has 2 aromatic carbocycles. The summed E-state index contributed by atoms with van der Waals surface area (Å²) >= 11 is 3.39. The molecule has 0 amide bonds. The molecule has 0 bridgehead atoms. The van der Waals surface area contributed by atoms with E-state index in [1.807, 2.05) is 6.07 Å². The Hall–Kier alpha value is -1.52. The predicted molar refractivity (Wildman–Crippen MR) is 82.2 cm³/mol. The number of rotatable bonds is 3. The lowest BCUT2D eigenvalue weighted by Crippen LogP contribution is -1.90. The molecule has 0 aliphatic heterocycles. The fraction of sp³-hybridized carbons (Fsp3) is 0.0667. The Morgan fingerprint density at radius 2 is 2.00 bits per heavy atom. The van der Waals surface area contributed by atoms with E-state index in [1.54, 1.807) is 29.2 Å². The molecule has 0 saturated carbocycles. The number of nitrogen functional groups attached to an aromatic ring is 1. The number of thioether (sulfide) groups is 1. The van der Waals surface area contributed by atoms with Crippen molar-refractivity contribution in [3.05, 3.63) is 59.2 Å². The normalized spacial score (nSPS) is 11.0. The Labute approximate surface area is 119 Å². The summed E-state index contributed by atoms with van der Waals surface area (Å²) in [5.41, 5.74) is 7.62. The lowest BCUT2D eigenvalue weighted by atomic mass is 10.2. The standard InChI is InChI=1S/C15H12FNS2/c16-11-5-6-15(13(17)7-11)19-9-10-8-18-14-4-2-1-3-12(10)14/h1-8H,9,17H2. The van der Waals surface area contributed by atoms with Crippen molar-refractivity contribution >= 4 is 38.9 Å². The van der Waals surface area contributed by atoms with Gasteiger partial charge in [0.2, 0.25) is 0 Å². The van der Waals surface area contributed by atoms with Crippen molar-refractivity contribution in [2.75, 3.05) is 5.73 Å². The minimum atomic E-state index is -0.289. The zero-order valence-corrected chi connectivity index (χ0v) is 11.7. The zero-order chi connectivity index (χ0) is 13.2. The molecule has 3 rings (SSSR count). The molecule has 0 unspecified atom stereocenters. The number of halogens is 1. The van der Waals surface area contributed by atoms with E-state index < -0.39 is 0 Å². The molecule has 96 valence electrons. The molecule has 0 aliphatic rings. The summed E-state index contributed by atoms with van der Waals surface area (Å²) in [4.78, 5) is 0.927. The highest BCUT2D eigenvalue weighted by Crippen LogP contribution is 2.33. The predicted octanol–water partition coefficient (Wildman–Crippen LogP) is 4.91. The summed E-state index contributed by atoms with van der Waals surface area (Å²) in [6.45, 7) is 0. The van der Waals surface area contributed by atoms with Gasteiger partial charge in [-0.15, -0.1) is 23.1 Å². The molecule has 2 N–H and O–H groups in total.